The lowest BCUT2D eigenvalue weighted by molar-refractivity contribution is 0.0335. The lowest BCUT2D eigenvalue weighted by atomic mass is 10.1. The fourth-order valence-electron chi connectivity index (χ4n) is 2.31. The number of fused-ring (bicyclic) bond motifs is 1. The monoisotopic (exact) mass is 353 g/mol. The third-order valence-corrected chi connectivity index (χ3v) is 3.72. The number of hydrogen-bond donors (Lipinski definition) is 0. The second-order valence-electron chi connectivity index (χ2n) is 6.03. The van der Waals surface area contributed by atoms with E-state index in [0.717, 1.165) is 10.2 Å². The molecule has 1 heterocycles. The Hall–Kier alpha value is -3.06. The van der Waals surface area contributed by atoms with Crippen molar-refractivity contribution in [2.45, 2.75) is 33.3 Å². The highest BCUT2D eigenvalue weighted by molar-refractivity contribution is 5.89. The van der Waals surface area contributed by atoms with Crippen LogP contribution in [0.15, 0.2) is 53.3 Å². The first-order valence-corrected chi connectivity index (χ1v) is 8.25. The van der Waals surface area contributed by atoms with Gasteiger partial charge in [-0.25, -0.2) is 4.79 Å². The predicted octanol–water partition coefficient (Wildman–Crippen LogP) is 2.53. The second-order valence-corrected chi connectivity index (χ2v) is 6.03. The van der Waals surface area contributed by atoms with E-state index in [2.05, 4.69) is 10.3 Å². The van der Waals surface area contributed by atoms with Crippen LogP contribution >= 0.6 is 0 Å². The van der Waals surface area contributed by atoms with Crippen molar-refractivity contribution in [2.24, 2.45) is 0 Å². The highest BCUT2D eigenvalue weighted by Crippen LogP contribution is 2.09. The van der Waals surface area contributed by atoms with Crippen LogP contribution in [-0.4, -0.2) is 27.1 Å². The minimum absolute atomic E-state index is 0.140. The van der Waals surface area contributed by atoms with Crippen molar-refractivity contribution in [3.05, 3.63) is 70.0 Å². The summed E-state index contributed by atoms with van der Waals surface area (Å²) < 4.78 is 11.7. The molecule has 0 saturated carbocycles. The van der Waals surface area contributed by atoms with Gasteiger partial charge in [0.25, 0.3) is 5.56 Å². The Labute approximate surface area is 150 Å². The molecule has 0 bridgehead atoms. The molecule has 0 spiro atoms. The zero-order valence-corrected chi connectivity index (χ0v) is 14.6. The molecule has 0 aliphatic rings. The fourth-order valence-corrected chi connectivity index (χ4v) is 2.31. The Bertz CT molecular complexity index is 964. The third kappa shape index (κ3) is 4.12. The molecule has 7 heteroatoms. The van der Waals surface area contributed by atoms with Crippen LogP contribution in [0.3, 0.4) is 0 Å². The summed E-state index contributed by atoms with van der Waals surface area (Å²) in [4.78, 5) is 24.5. The summed E-state index contributed by atoms with van der Waals surface area (Å²) in [6.07, 6.45) is 0.140. The SMILES string of the molecule is CC(C)OCc1ccc(C(=O)OCn2nnc3ccccc3c2=O)cc1. The number of esters is 1. The minimum atomic E-state index is -0.539. The summed E-state index contributed by atoms with van der Waals surface area (Å²) in [5, 5.41) is 8.16. The second kappa shape index (κ2) is 7.88. The first-order chi connectivity index (χ1) is 12.5. The van der Waals surface area contributed by atoms with E-state index in [4.69, 9.17) is 9.47 Å². The molecule has 2 aromatic carbocycles. The molecule has 0 aliphatic heterocycles. The Kier molecular flexibility index (Phi) is 5.38. The van der Waals surface area contributed by atoms with E-state index in [1.165, 1.54) is 0 Å². The summed E-state index contributed by atoms with van der Waals surface area (Å²) in [7, 11) is 0. The molecule has 1 aromatic heterocycles. The van der Waals surface area contributed by atoms with Crippen molar-refractivity contribution in [3.8, 4) is 0 Å². The van der Waals surface area contributed by atoms with E-state index in [9.17, 15) is 9.59 Å². The molecular weight excluding hydrogens is 334 g/mol. The van der Waals surface area contributed by atoms with E-state index >= 15 is 0 Å². The molecule has 0 atom stereocenters. The smallest absolute Gasteiger partial charge is 0.339 e. The summed E-state index contributed by atoms with van der Waals surface area (Å²) in [6, 6.07) is 13.8. The van der Waals surface area contributed by atoms with E-state index in [-0.39, 0.29) is 18.4 Å². The summed E-state index contributed by atoms with van der Waals surface area (Å²) in [6.45, 7) is 4.11. The van der Waals surface area contributed by atoms with Gasteiger partial charge in [-0.05, 0) is 43.7 Å². The van der Waals surface area contributed by atoms with Gasteiger partial charge in [-0.3, -0.25) is 4.79 Å². The van der Waals surface area contributed by atoms with Crippen molar-refractivity contribution < 1.29 is 14.3 Å². The van der Waals surface area contributed by atoms with Gasteiger partial charge < -0.3 is 9.47 Å². The van der Waals surface area contributed by atoms with Crippen LogP contribution in [0.1, 0.15) is 29.8 Å². The van der Waals surface area contributed by atoms with Gasteiger partial charge in [0, 0.05) is 0 Å². The first kappa shape index (κ1) is 17.8. The quantitative estimate of drug-likeness (QED) is 0.633. The van der Waals surface area contributed by atoms with Gasteiger partial charge in [-0.15, -0.1) is 5.10 Å². The van der Waals surface area contributed by atoms with Crippen LogP contribution in [-0.2, 0) is 22.8 Å². The van der Waals surface area contributed by atoms with Gasteiger partial charge >= 0.3 is 5.97 Å². The standard InChI is InChI=1S/C19H19N3O4/c1-13(2)25-11-14-7-9-15(10-8-14)19(24)26-12-22-18(23)16-5-3-4-6-17(16)20-21-22/h3-10,13H,11-12H2,1-2H3. The maximum absolute atomic E-state index is 12.3. The van der Waals surface area contributed by atoms with Crippen LogP contribution in [0.2, 0.25) is 0 Å². The minimum Gasteiger partial charge on any atom is -0.439 e. The molecule has 3 rings (SSSR count). The Morgan fingerprint density at radius 2 is 1.85 bits per heavy atom. The van der Waals surface area contributed by atoms with Gasteiger partial charge in [0.05, 0.1) is 23.7 Å². The van der Waals surface area contributed by atoms with Gasteiger partial charge in [-0.1, -0.05) is 29.5 Å². The zero-order valence-electron chi connectivity index (χ0n) is 14.6. The maximum atomic E-state index is 12.3. The summed E-state index contributed by atoms with van der Waals surface area (Å²) in [5.41, 5.74) is 1.50. The largest absolute Gasteiger partial charge is 0.439 e. The number of carbonyl (C=O) groups is 1. The van der Waals surface area contributed by atoms with E-state index in [0.29, 0.717) is 23.1 Å². The molecule has 26 heavy (non-hydrogen) atoms. The number of ether oxygens (including phenoxy) is 2. The maximum Gasteiger partial charge on any atom is 0.339 e. The van der Waals surface area contributed by atoms with Gasteiger partial charge in [-0.2, -0.15) is 4.68 Å². The van der Waals surface area contributed by atoms with Crippen molar-refractivity contribution in [2.75, 3.05) is 0 Å². The number of hydrogen-bond acceptors (Lipinski definition) is 6. The predicted molar refractivity (Wildman–Crippen MR) is 95.6 cm³/mol. The van der Waals surface area contributed by atoms with Gasteiger partial charge in [0.1, 0.15) is 5.52 Å². The highest BCUT2D eigenvalue weighted by Gasteiger charge is 2.10. The molecule has 0 fully saturated rings. The molecule has 0 aliphatic carbocycles. The average Bonchev–Trinajstić information content (AvgIpc) is 2.66. The Morgan fingerprint density at radius 1 is 1.12 bits per heavy atom. The van der Waals surface area contributed by atoms with Crippen molar-refractivity contribution in [3.63, 3.8) is 0 Å². The van der Waals surface area contributed by atoms with Crippen LogP contribution in [0.25, 0.3) is 10.9 Å². The highest BCUT2D eigenvalue weighted by atomic mass is 16.5. The normalized spacial score (nSPS) is 11.0. The molecule has 0 N–H and O–H groups in total. The molecule has 0 saturated heterocycles. The van der Waals surface area contributed by atoms with Crippen LogP contribution < -0.4 is 5.56 Å². The molecular formula is C19H19N3O4. The number of rotatable bonds is 6. The Balaban J connectivity index is 1.65. The number of aromatic nitrogens is 3. The number of carbonyl (C=O) groups excluding carboxylic acids is 1. The topological polar surface area (TPSA) is 83.3 Å². The fraction of sp³-hybridized carbons (Fsp3) is 0.263. The van der Waals surface area contributed by atoms with Crippen LogP contribution in [0.5, 0.6) is 0 Å². The van der Waals surface area contributed by atoms with Crippen LogP contribution in [0, 0.1) is 0 Å². The average molecular weight is 353 g/mol. The van der Waals surface area contributed by atoms with Crippen LogP contribution in [0.4, 0.5) is 0 Å². The summed E-state index contributed by atoms with van der Waals surface area (Å²) >= 11 is 0. The summed E-state index contributed by atoms with van der Waals surface area (Å²) in [5.74, 6) is -0.539. The number of benzene rings is 2. The lowest BCUT2D eigenvalue weighted by Crippen LogP contribution is -2.26. The van der Waals surface area contributed by atoms with Gasteiger partial charge in [0.15, 0.2) is 6.73 Å². The molecule has 7 nitrogen and oxygen atoms in total. The molecule has 0 amide bonds. The van der Waals surface area contributed by atoms with E-state index < -0.39 is 5.97 Å². The van der Waals surface area contributed by atoms with Gasteiger partial charge in [0.2, 0.25) is 0 Å². The van der Waals surface area contributed by atoms with E-state index in [1.54, 1.807) is 48.5 Å². The molecule has 0 radical (unpaired) electrons. The molecule has 3 aromatic rings. The van der Waals surface area contributed by atoms with Crippen molar-refractivity contribution >= 4 is 16.9 Å². The molecule has 0 unspecified atom stereocenters. The molecule has 134 valence electrons. The number of nitrogens with zero attached hydrogens (tertiary/aromatic N) is 3. The van der Waals surface area contributed by atoms with Crippen molar-refractivity contribution in [1.29, 1.82) is 0 Å². The third-order valence-electron chi connectivity index (χ3n) is 3.72. The first-order valence-electron chi connectivity index (χ1n) is 8.25. The van der Waals surface area contributed by atoms with E-state index in [1.807, 2.05) is 13.8 Å². The lowest BCUT2D eigenvalue weighted by Gasteiger charge is -2.09. The van der Waals surface area contributed by atoms with Crippen molar-refractivity contribution in [1.82, 2.24) is 15.0 Å². The Morgan fingerprint density at radius 3 is 2.58 bits per heavy atom. The zero-order chi connectivity index (χ0) is 18.5.